The summed E-state index contributed by atoms with van der Waals surface area (Å²) in [7, 11) is -4.31. The number of hydrogen-bond acceptors (Lipinski definition) is 5. The maximum Gasteiger partial charge on any atom is 0.298 e. The maximum atomic E-state index is 11.3. The van der Waals surface area contributed by atoms with E-state index in [2.05, 4.69) is 10.3 Å². The second-order valence-electron chi connectivity index (χ2n) is 3.68. The molecule has 6 nitrogen and oxygen atoms in total. The molecule has 2 N–H and O–H groups in total. The lowest BCUT2D eigenvalue weighted by Gasteiger charge is -2.30. The van der Waals surface area contributed by atoms with Gasteiger partial charge in [0.15, 0.2) is 0 Å². The summed E-state index contributed by atoms with van der Waals surface area (Å²) in [6.45, 7) is 2.74. The van der Waals surface area contributed by atoms with Crippen LogP contribution in [0.4, 0.5) is 5.69 Å². The molecule has 1 saturated heterocycles. The Bertz CT molecular complexity index is 514. The molecule has 0 aromatic carbocycles. The third-order valence-electron chi connectivity index (χ3n) is 2.55. The summed E-state index contributed by atoms with van der Waals surface area (Å²) in [5, 5.41) is 3.37. The molecule has 8 heteroatoms. The number of nitrogens with one attached hydrogen (secondary N) is 1. The molecule has 0 saturated carbocycles. The van der Waals surface area contributed by atoms with Crippen LogP contribution in [-0.4, -0.2) is 44.1 Å². The van der Waals surface area contributed by atoms with Gasteiger partial charge in [-0.15, -0.1) is 0 Å². The SMILES string of the molecule is O=S(=O)(O)c1cncc(Cl)c1N1CCNCC1. The predicted molar refractivity (Wildman–Crippen MR) is 64.1 cm³/mol. The standard InChI is InChI=1S/C9H12ClN3O3S/c10-7-5-12-6-8(17(14,15)16)9(7)13-3-1-11-2-4-13/h5-6,11H,1-4H2,(H,14,15,16). The topological polar surface area (TPSA) is 82.5 Å². The van der Waals surface area contributed by atoms with E-state index in [1.165, 1.54) is 6.20 Å². The summed E-state index contributed by atoms with van der Waals surface area (Å²) in [5.74, 6) is 0. The zero-order valence-corrected chi connectivity index (χ0v) is 10.5. The molecule has 0 unspecified atom stereocenters. The Kier molecular flexibility index (Phi) is 3.53. The molecule has 0 aliphatic carbocycles. The first-order valence-corrected chi connectivity index (χ1v) is 6.88. The molecule has 17 heavy (non-hydrogen) atoms. The fraction of sp³-hybridized carbons (Fsp3) is 0.444. The number of piperazine rings is 1. The van der Waals surface area contributed by atoms with Gasteiger partial charge >= 0.3 is 0 Å². The van der Waals surface area contributed by atoms with E-state index in [4.69, 9.17) is 16.2 Å². The van der Waals surface area contributed by atoms with Crippen molar-refractivity contribution >= 4 is 27.4 Å². The lowest BCUT2D eigenvalue weighted by atomic mass is 10.3. The van der Waals surface area contributed by atoms with Gasteiger partial charge in [-0.25, -0.2) is 0 Å². The van der Waals surface area contributed by atoms with Gasteiger partial charge in [-0.1, -0.05) is 11.6 Å². The smallest absolute Gasteiger partial charge is 0.298 e. The molecule has 1 aromatic heterocycles. The van der Waals surface area contributed by atoms with E-state index >= 15 is 0 Å². The van der Waals surface area contributed by atoms with Crippen molar-refractivity contribution in [3.8, 4) is 0 Å². The molecule has 94 valence electrons. The Morgan fingerprint density at radius 3 is 2.59 bits per heavy atom. The van der Waals surface area contributed by atoms with Crippen LogP contribution in [0.5, 0.6) is 0 Å². The van der Waals surface area contributed by atoms with Crippen LogP contribution in [0.25, 0.3) is 0 Å². The Morgan fingerprint density at radius 1 is 1.35 bits per heavy atom. The summed E-state index contributed by atoms with van der Waals surface area (Å²) >= 11 is 5.97. The summed E-state index contributed by atoms with van der Waals surface area (Å²) < 4.78 is 31.7. The summed E-state index contributed by atoms with van der Waals surface area (Å²) in [5.41, 5.74) is 0.325. The van der Waals surface area contributed by atoms with Gasteiger partial charge in [-0.05, 0) is 0 Å². The van der Waals surface area contributed by atoms with Crippen molar-refractivity contribution in [1.29, 1.82) is 0 Å². The van der Waals surface area contributed by atoms with Crippen LogP contribution in [0, 0.1) is 0 Å². The average Bonchev–Trinajstić information content (AvgIpc) is 2.28. The molecular formula is C9H12ClN3O3S. The highest BCUT2D eigenvalue weighted by atomic mass is 35.5. The second-order valence-corrected chi connectivity index (χ2v) is 5.48. The van der Waals surface area contributed by atoms with Crippen molar-refractivity contribution in [2.75, 3.05) is 31.1 Å². The fourth-order valence-electron chi connectivity index (χ4n) is 1.79. The number of anilines is 1. The third kappa shape index (κ3) is 2.68. The first-order valence-electron chi connectivity index (χ1n) is 5.07. The van der Waals surface area contributed by atoms with E-state index < -0.39 is 10.1 Å². The highest BCUT2D eigenvalue weighted by Gasteiger charge is 2.24. The molecule has 1 aliphatic rings. The first kappa shape index (κ1) is 12.6. The molecule has 2 heterocycles. The quantitative estimate of drug-likeness (QED) is 0.761. The largest absolute Gasteiger partial charge is 0.367 e. The van der Waals surface area contributed by atoms with Crippen LogP contribution < -0.4 is 10.2 Å². The zero-order valence-electron chi connectivity index (χ0n) is 8.93. The number of aromatic nitrogens is 1. The van der Waals surface area contributed by atoms with Crippen LogP contribution in [-0.2, 0) is 10.1 Å². The van der Waals surface area contributed by atoms with Gasteiger partial charge in [0, 0.05) is 32.4 Å². The number of rotatable bonds is 2. The van der Waals surface area contributed by atoms with Crippen molar-refractivity contribution in [1.82, 2.24) is 10.3 Å². The molecule has 0 amide bonds. The highest BCUT2D eigenvalue weighted by Crippen LogP contribution is 2.32. The molecule has 0 atom stereocenters. The molecule has 0 spiro atoms. The van der Waals surface area contributed by atoms with Crippen LogP contribution in [0.1, 0.15) is 0 Å². The summed E-state index contributed by atoms with van der Waals surface area (Å²) in [4.78, 5) is 5.27. The molecule has 1 fully saturated rings. The predicted octanol–water partition coefficient (Wildman–Crippen LogP) is 0.391. The van der Waals surface area contributed by atoms with Crippen molar-refractivity contribution in [2.24, 2.45) is 0 Å². The van der Waals surface area contributed by atoms with E-state index in [0.29, 0.717) is 18.8 Å². The van der Waals surface area contributed by atoms with Gasteiger partial charge in [0.05, 0.1) is 16.9 Å². The zero-order chi connectivity index (χ0) is 12.5. The van der Waals surface area contributed by atoms with E-state index in [-0.39, 0.29) is 9.92 Å². The van der Waals surface area contributed by atoms with Gasteiger partial charge in [0.1, 0.15) is 4.90 Å². The minimum atomic E-state index is -4.31. The van der Waals surface area contributed by atoms with Crippen molar-refractivity contribution in [3.63, 3.8) is 0 Å². The molecule has 1 aromatic rings. The maximum absolute atomic E-state index is 11.3. The minimum absolute atomic E-state index is 0.224. The van der Waals surface area contributed by atoms with Gasteiger partial charge in [-0.2, -0.15) is 8.42 Å². The Morgan fingerprint density at radius 2 is 2.00 bits per heavy atom. The van der Waals surface area contributed by atoms with Crippen molar-refractivity contribution in [2.45, 2.75) is 4.90 Å². The van der Waals surface area contributed by atoms with Crippen LogP contribution in [0.15, 0.2) is 17.3 Å². The van der Waals surface area contributed by atoms with Crippen molar-refractivity contribution in [3.05, 3.63) is 17.4 Å². The lowest BCUT2D eigenvalue weighted by Crippen LogP contribution is -2.44. The normalized spacial score (nSPS) is 17.2. The van der Waals surface area contributed by atoms with Gasteiger partial charge < -0.3 is 10.2 Å². The molecule has 2 rings (SSSR count). The third-order valence-corrected chi connectivity index (χ3v) is 3.68. The van der Waals surface area contributed by atoms with Gasteiger partial charge in [-0.3, -0.25) is 9.54 Å². The molecule has 0 bridgehead atoms. The average molecular weight is 278 g/mol. The number of nitrogens with zero attached hydrogens (tertiary/aromatic N) is 2. The van der Waals surface area contributed by atoms with Crippen LogP contribution >= 0.6 is 11.6 Å². The lowest BCUT2D eigenvalue weighted by molar-refractivity contribution is 0.482. The van der Waals surface area contributed by atoms with E-state index in [1.54, 1.807) is 0 Å². The highest BCUT2D eigenvalue weighted by molar-refractivity contribution is 7.86. The van der Waals surface area contributed by atoms with E-state index in [0.717, 1.165) is 19.3 Å². The van der Waals surface area contributed by atoms with E-state index in [9.17, 15) is 8.42 Å². The second kappa shape index (κ2) is 4.77. The number of halogens is 1. The van der Waals surface area contributed by atoms with Crippen molar-refractivity contribution < 1.29 is 13.0 Å². The van der Waals surface area contributed by atoms with Gasteiger partial charge in [0.2, 0.25) is 0 Å². The Labute approximate surface area is 104 Å². The van der Waals surface area contributed by atoms with E-state index in [1.807, 2.05) is 4.90 Å². The fourth-order valence-corrected chi connectivity index (χ4v) is 2.81. The molecule has 0 radical (unpaired) electrons. The Hall–Kier alpha value is -0.890. The molecular weight excluding hydrogens is 266 g/mol. The monoisotopic (exact) mass is 277 g/mol. The molecule has 1 aliphatic heterocycles. The van der Waals surface area contributed by atoms with Crippen LogP contribution in [0.3, 0.4) is 0 Å². The summed E-state index contributed by atoms with van der Waals surface area (Å²) in [6, 6.07) is 0. The van der Waals surface area contributed by atoms with Crippen LogP contribution in [0.2, 0.25) is 5.02 Å². The number of hydrogen-bond donors (Lipinski definition) is 2. The van der Waals surface area contributed by atoms with Gasteiger partial charge in [0.25, 0.3) is 10.1 Å². The number of pyridine rings is 1. The minimum Gasteiger partial charge on any atom is -0.367 e. The first-order chi connectivity index (χ1) is 8.00. The summed E-state index contributed by atoms with van der Waals surface area (Å²) in [6.07, 6.45) is 2.48. The Balaban J connectivity index is 2.50.